The van der Waals surface area contributed by atoms with Crippen molar-refractivity contribution in [2.24, 2.45) is 0 Å². The minimum absolute atomic E-state index is 0.0391. The van der Waals surface area contributed by atoms with E-state index < -0.39 is 0 Å². The maximum atomic E-state index is 12.9. The predicted molar refractivity (Wildman–Crippen MR) is 109 cm³/mol. The van der Waals surface area contributed by atoms with Gasteiger partial charge < -0.3 is 9.47 Å². The predicted octanol–water partition coefficient (Wildman–Crippen LogP) is 4.76. The number of nitrogens with zero attached hydrogens (tertiary/aromatic N) is 1. The number of thiocarbonyl (C=S) groups is 1. The summed E-state index contributed by atoms with van der Waals surface area (Å²) < 4.78 is 10.5. The Morgan fingerprint density at radius 3 is 2.58 bits per heavy atom. The van der Waals surface area contributed by atoms with Crippen LogP contribution in [0.4, 0.5) is 0 Å². The van der Waals surface area contributed by atoms with E-state index in [1.807, 2.05) is 44.2 Å². The van der Waals surface area contributed by atoms with E-state index in [1.54, 1.807) is 18.5 Å². The molecule has 2 heterocycles. The monoisotopic (exact) mass is 383 g/mol. The van der Waals surface area contributed by atoms with E-state index in [9.17, 15) is 4.79 Å². The van der Waals surface area contributed by atoms with Crippen molar-refractivity contribution in [2.45, 2.75) is 13.8 Å². The quantitative estimate of drug-likeness (QED) is 0.610. The molecule has 132 valence electrons. The first-order valence-electron chi connectivity index (χ1n) is 7.91. The van der Waals surface area contributed by atoms with Crippen molar-refractivity contribution in [1.82, 2.24) is 4.98 Å². The van der Waals surface area contributed by atoms with Gasteiger partial charge in [0.05, 0.1) is 12.7 Å². The molecule has 0 saturated heterocycles. The molecule has 0 spiro atoms. The highest BCUT2D eigenvalue weighted by Crippen LogP contribution is 2.34. The second-order valence-electron chi connectivity index (χ2n) is 5.73. The Kier molecular flexibility index (Phi) is 5.44. The van der Waals surface area contributed by atoms with Gasteiger partial charge in [0.1, 0.15) is 5.75 Å². The maximum absolute atomic E-state index is 12.9. The van der Waals surface area contributed by atoms with E-state index in [0.717, 1.165) is 38.5 Å². The highest BCUT2D eigenvalue weighted by Gasteiger charge is 2.17. The lowest BCUT2D eigenvalue weighted by molar-refractivity contribution is 0.316. The average Bonchev–Trinajstić information content (AvgIpc) is 2.64. The molecule has 3 aromatic rings. The van der Waals surface area contributed by atoms with Gasteiger partial charge in [0, 0.05) is 35.1 Å². The second kappa shape index (κ2) is 7.76. The zero-order chi connectivity index (χ0) is 18.7. The van der Waals surface area contributed by atoms with E-state index in [0.29, 0.717) is 11.3 Å². The highest BCUT2D eigenvalue weighted by molar-refractivity contribution is 7.79. The van der Waals surface area contributed by atoms with E-state index in [-0.39, 0.29) is 9.98 Å². The van der Waals surface area contributed by atoms with E-state index in [4.69, 9.17) is 21.7 Å². The number of hydrogen-bond acceptors (Lipinski definition) is 6. The third-order valence-corrected chi connectivity index (χ3v) is 5.23. The first kappa shape index (κ1) is 18.2. The zero-order valence-corrected chi connectivity index (χ0v) is 16.2. The van der Waals surface area contributed by atoms with Gasteiger partial charge in [-0.15, -0.1) is 0 Å². The van der Waals surface area contributed by atoms with Gasteiger partial charge in [-0.1, -0.05) is 35.6 Å². The molecule has 0 N–H and O–H groups in total. The van der Waals surface area contributed by atoms with Gasteiger partial charge in [0.25, 0.3) is 0 Å². The largest absolute Gasteiger partial charge is 0.460 e. The average molecular weight is 383 g/mol. The first-order chi connectivity index (χ1) is 12.5. The van der Waals surface area contributed by atoms with Crippen molar-refractivity contribution >= 4 is 28.8 Å². The number of aromatic nitrogens is 1. The molecule has 0 amide bonds. The normalized spacial score (nSPS) is 10.4. The first-order valence-corrected chi connectivity index (χ1v) is 9.14. The molecule has 0 saturated carbocycles. The molecule has 0 aliphatic carbocycles. The van der Waals surface area contributed by atoms with Crippen LogP contribution in [0, 0.1) is 13.8 Å². The van der Waals surface area contributed by atoms with Crippen LogP contribution in [0.25, 0.3) is 21.6 Å². The molecular weight excluding hydrogens is 366 g/mol. The Hall–Kier alpha value is -2.57. The molecule has 0 bridgehead atoms. The fourth-order valence-electron chi connectivity index (χ4n) is 2.49. The third-order valence-electron chi connectivity index (χ3n) is 4.02. The fraction of sp³-hybridized carbons (Fsp3) is 0.150. The van der Waals surface area contributed by atoms with Crippen LogP contribution in [-0.2, 0) is 4.74 Å². The lowest BCUT2D eigenvalue weighted by Gasteiger charge is -2.13. The van der Waals surface area contributed by atoms with E-state index in [2.05, 4.69) is 4.98 Å². The number of rotatable bonds is 3. The third kappa shape index (κ3) is 3.81. The van der Waals surface area contributed by atoms with Crippen molar-refractivity contribution in [3.8, 4) is 27.3 Å². The van der Waals surface area contributed by atoms with Crippen LogP contribution in [0.5, 0.6) is 5.75 Å². The van der Waals surface area contributed by atoms with Crippen LogP contribution in [0.2, 0.25) is 0 Å². The van der Waals surface area contributed by atoms with Crippen molar-refractivity contribution < 1.29 is 9.47 Å². The second-order valence-corrected chi connectivity index (χ2v) is 7.08. The van der Waals surface area contributed by atoms with Gasteiger partial charge in [-0.25, -0.2) is 0 Å². The van der Waals surface area contributed by atoms with Crippen LogP contribution in [0.15, 0.2) is 53.6 Å². The summed E-state index contributed by atoms with van der Waals surface area (Å²) in [4.78, 5) is 17.8. The van der Waals surface area contributed by atoms with Gasteiger partial charge in [-0.3, -0.25) is 9.78 Å². The van der Waals surface area contributed by atoms with Gasteiger partial charge in [-0.05, 0) is 42.7 Å². The molecule has 0 unspecified atom stereocenters. The summed E-state index contributed by atoms with van der Waals surface area (Å²) in [5, 5.41) is -0.0391. The van der Waals surface area contributed by atoms with Crippen LogP contribution in [-0.4, -0.2) is 17.3 Å². The molecule has 26 heavy (non-hydrogen) atoms. The Bertz CT molecular complexity index is 1010. The van der Waals surface area contributed by atoms with Crippen LogP contribution >= 0.6 is 23.6 Å². The van der Waals surface area contributed by atoms with Gasteiger partial charge in [0.2, 0.25) is 4.74 Å². The standard InChI is InChI=1S/C20H17NO3S2/c1-12-6-7-14(9-13(12)2)18-16(24-20(25)23-3)10-17(26-19(18)22)15-5-4-8-21-11-15/h4-11H,1-3H3. The Labute approximate surface area is 161 Å². The number of aryl methyl sites for hydroxylation is 2. The van der Waals surface area contributed by atoms with E-state index in [1.165, 1.54) is 7.11 Å². The Morgan fingerprint density at radius 2 is 1.92 bits per heavy atom. The zero-order valence-electron chi connectivity index (χ0n) is 14.6. The van der Waals surface area contributed by atoms with Gasteiger partial charge in [-0.2, -0.15) is 0 Å². The number of benzene rings is 1. The summed E-state index contributed by atoms with van der Waals surface area (Å²) in [7, 11) is 1.43. The topological polar surface area (TPSA) is 48.4 Å². The van der Waals surface area contributed by atoms with Crippen molar-refractivity contribution in [3.63, 3.8) is 0 Å². The summed E-state index contributed by atoms with van der Waals surface area (Å²) in [6.45, 7) is 4.04. The SMILES string of the molecule is COC(=S)Oc1cc(-c2cccnc2)sc(=O)c1-c1ccc(C)c(C)c1. The number of hydrogen-bond donors (Lipinski definition) is 0. The van der Waals surface area contributed by atoms with Crippen molar-refractivity contribution in [3.05, 3.63) is 69.5 Å². The van der Waals surface area contributed by atoms with Gasteiger partial charge >= 0.3 is 5.24 Å². The number of methoxy groups -OCH3 is 1. The molecule has 6 heteroatoms. The van der Waals surface area contributed by atoms with Crippen LogP contribution < -0.4 is 9.48 Å². The minimum atomic E-state index is -0.108. The Morgan fingerprint density at radius 1 is 1.12 bits per heavy atom. The molecule has 1 aromatic carbocycles. The maximum Gasteiger partial charge on any atom is 0.357 e. The molecule has 0 fully saturated rings. The lowest BCUT2D eigenvalue weighted by Crippen LogP contribution is -2.11. The van der Waals surface area contributed by atoms with Crippen LogP contribution in [0.3, 0.4) is 0 Å². The summed E-state index contributed by atoms with van der Waals surface area (Å²) >= 11 is 6.19. The molecular formula is C20H17NO3S2. The summed E-state index contributed by atoms with van der Waals surface area (Å²) in [6, 6.07) is 11.4. The molecule has 0 atom stereocenters. The molecule has 4 nitrogen and oxygen atoms in total. The highest BCUT2D eigenvalue weighted by atomic mass is 32.1. The summed E-state index contributed by atoms with van der Waals surface area (Å²) in [5.74, 6) is 0.378. The van der Waals surface area contributed by atoms with E-state index >= 15 is 0 Å². The minimum Gasteiger partial charge on any atom is -0.460 e. The van der Waals surface area contributed by atoms with Crippen molar-refractivity contribution in [1.29, 1.82) is 0 Å². The summed E-state index contributed by atoms with van der Waals surface area (Å²) in [6.07, 6.45) is 3.40. The van der Waals surface area contributed by atoms with Gasteiger partial charge in [0.15, 0.2) is 0 Å². The number of pyridine rings is 1. The number of ether oxygens (including phenoxy) is 2. The lowest BCUT2D eigenvalue weighted by atomic mass is 10.0. The summed E-state index contributed by atoms with van der Waals surface area (Å²) in [5.41, 5.74) is 4.37. The fourth-order valence-corrected chi connectivity index (χ4v) is 3.51. The Balaban J connectivity index is 2.20. The molecule has 2 aromatic heterocycles. The van der Waals surface area contributed by atoms with Crippen molar-refractivity contribution in [2.75, 3.05) is 7.11 Å². The van der Waals surface area contributed by atoms with Crippen LogP contribution in [0.1, 0.15) is 11.1 Å². The smallest absolute Gasteiger partial charge is 0.357 e. The molecule has 0 aliphatic heterocycles. The molecule has 0 radical (unpaired) electrons. The molecule has 0 aliphatic rings. The molecule has 3 rings (SSSR count).